The van der Waals surface area contributed by atoms with Crippen LogP contribution in [0.15, 0.2) is 45.3 Å². The van der Waals surface area contributed by atoms with E-state index in [1.165, 1.54) is 5.56 Å². The molecule has 27 heavy (non-hydrogen) atoms. The Labute approximate surface area is 174 Å². The van der Waals surface area contributed by atoms with Crippen molar-refractivity contribution in [2.75, 3.05) is 36.8 Å². The lowest BCUT2D eigenvalue weighted by atomic mass is 10.2. The Bertz CT molecular complexity index is 969. The van der Waals surface area contributed by atoms with Crippen molar-refractivity contribution in [3.05, 3.63) is 46.0 Å². The van der Waals surface area contributed by atoms with Crippen LogP contribution in [-0.2, 0) is 4.79 Å². The molecular weight excluding hydrogens is 444 g/mol. The SMILES string of the molecule is Cc1cc(Br)ccc1SCC(=O)N1CCN(c2ncnc3sccc23)CC1. The summed E-state index contributed by atoms with van der Waals surface area (Å²) in [4.78, 5) is 27.8. The highest BCUT2D eigenvalue weighted by Crippen LogP contribution is 2.28. The van der Waals surface area contributed by atoms with Gasteiger partial charge in [0.25, 0.3) is 0 Å². The lowest BCUT2D eigenvalue weighted by Crippen LogP contribution is -2.49. The molecule has 1 amide bonds. The van der Waals surface area contributed by atoms with Gasteiger partial charge >= 0.3 is 0 Å². The predicted octanol–water partition coefficient (Wildman–Crippen LogP) is 4.20. The Morgan fingerprint density at radius 1 is 1.22 bits per heavy atom. The van der Waals surface area contributed by atoms with Gasteiger partial charge in [-0.15, -0.1) is 23.1 Å². The third-order valence-electron chi connectivity index (χ3n) is 4.66. The van der Waals surface area contributed by atoms with Gasteiger partial charge in [0.15, 0.2) is 0 Å². The summed E-state index contributed by atoms with van der Waals surface area (Å²) < 4.78 is 1.07. The molecule has 1 saturated heterocycles. The first-order chi connectivity index (χ1) is 13.1. The number of benzene rings is 1. The maximum absolute atomic E-state index is 12.6. The molecule has 0 N–H and O–H groups in total. The van der Waals surface area contributed by atoms with Crippen molar-refractivity contribution in [2.24, 2.45) is 0 Å². The fourth-order valence-electron chi connectivity index (χ4n) is 3.20. The maximum atomic E-state index is 12.6. The van der Waals surface area contributed by atoms with Crippen molar-refractivity contribution < 1.29 is 4.79 Å². The summed E-state index contributed by atoms with van der Waals surface area (Å²) in [6, 6.07) is 8.24. The molecular formula is C19H19BrN4OS2. The van der Waals surface area contributed by atoms with Crippen molar-refractivity contribution in [2.45, 2.75) is 11.8 Å². The minimum absolute atomic E-state index is 0.199. The summed E-state index contributed by atoms with van der Waals surface area (Å²) in [6.45, 7) is 5.14. The van der Waals surface area contributed by atoms with Crippen LogP contribution in [0.1, 0.15) is 5.56 Å². The molecule has 140 valence electrons. The molecule has 0 bridgehead atoms. The summed E-state index contributed by atoms with van der Waals surface area (Å²) in [7, 11) is 0. The second-order valence-corrected chi connectivity index (χ2v) is 9.23. The van der Waals surface area contributed by atoms with E-state index >= 15 is 0 Å². The molecule has 4 rings (SSSR count). The number of thiophene rings is 1. The first kappa shape index (κ1) is 18.7. The van der Waals surface area contributed by atoms with Gasteiger partial charge in [0.2, 0.25) is 5.91 Å². The highest BCUT2D eigenvalue weighted by atomic mass is 79.9. The number of hydrogen-bond donors (Lipinski definition) is 0. The molecule has 0 saturated carbocycles. The molecule has 5 nitrogen and oxygen atoms in total. The second-order valence-electron chi connectivity index (χ2n) is 6.40. The Morgan fingerprint density at radius 2 is 2.04 bits per heavy atom. The number of carbonyl (C=O) groups excluding carboxylic acids is 1. The fraction of sp³-hybridized carbons (Fsp3) is 0.316. The van der Waals surface area contributed by atoms with E-state index in [-0.39, 0.29) is 5.91 Å². The molecule has 0 aliphatic carbocycles. The van der Waals surface area contributed by atoms with Crippen LogP contribution < -0.4 is 4.90 Å². The van der Waals surface area contributed by atoms with Gasteiger partial charge in [-0.1, -0.05) is 15.9 Å². The van der Waals surface area contributed by atoms with Gasteiger partial charge in [-0.3, -0.25) is 4.79 Å². The van der Waals surface area contributed by atoms with Gasteiger partial charge < -0.3 is 9.80 Å². The average molecular weight is 463 g/mol. The molecule has 1 aromatic carbocycles. The van der Waals surface area contributed by atoms with Crippen LogP contribution in [-0.4, -0.2) is 52.7 Å². The molecule has 1 aliphatic heterocycles. The Balaban J connectivity index is 1.35. The number of aromatic nitrogens is 2. The largest absolute Gasteiger partial charge is 0.352 e. The lowest BCUT2D eigenvalue weighted by Gasteiger charge is -2.35. The number of fused-ring (bicyclic) bond motifs is 1. The van der Waals surface area contributed by atoms with E-state index in [9.17, 15) is 4.79 Å². The second kappa shape index (κ2) is 8.16. The predicted molar refractivity (Wildman–Crippen MR) is 116 cm³/mol. The van der Waals surface area contributed by atoms with Crippen LogP contribution in [0.5, 0.6) is 0 Å². The zero-order valence-electron chi connectivity index (χ0n) is 14.9. The number of halogens is 1. The first-order valence-electron chi connectivity index (χ1n) is 8.72. The van der Waals surface area contributed by atoms with E-state index in [1.807, 2.05) is 16.3 Å². The zero-order chi connectivity index (χ0) is 18.8. The number of rotatable bonds is 4. The number of hydrogen-bond acceptors (Lipinski definition) is 6. The minimum Gasteiger partial charge on any atom is -0.352 e. The molecule has 0 unspecified atom stereocenters. The summed E-state index contributed by atoms with van der Waals surface area (Å²) in [5, 5.41) is 3.15. The third-order valence-corrected chi connectivity index (χ3v) is 7.14. The van der Waals surface area contributed by atoms with Crippen LogP contribution in [0.3, 0.4) is 0 Å². The van der Waals surface area contributed by atoms with Gasteiger partial charge in [-0.05, 0) is 42.1 Å². The average Bonchev–Trinajstić information content (AvgIpc) is 3.16. The Hall–Kier alpha value is -1.64. The molecule has 0 atom stereocenters. The van der Waals surface area contributed by atoms with E-state index in [0.29, 0.717) is 5.75 Å². The van der Waals surface area contributed by atoms with Crippen LogP contribution in [0, 0.1) is 6.92 Å². The number of piperazine rings is 1. The van der Waals surface area contributed by atoms with Gasteiger partial charge in [-0.25, -0.2) is 9.97 Å². The Morgan fingerprint density at radius 3 is 2.81 bits per heavy atom. The van der Waals surface area contributed by atoms with Crippen LogP contribution in [0.4, 0.5) is 5.82 Å². The van der Waals surface area contributed by atoms with Gasteiger partial charge in [-0.2, -0.15) is 0 Å². The lowest BCUT2D eigenvalue weighted by molar-refractivity contribution is -0.128. The summed E-state index contributed by atoms with van der Waals surface area (Å²) in [5.74, 6) is 1.66. The van der Waals surface area contributed by atoms with Crippen molar-refractivity contribution >= 4 is 61.0 Å². The maximum Gasteiger partial charge on any atom is 0.233 e. The molecule has 3 aromatic rings. The van der Waals surface area contributed by atoms with E-state index in [2.05, 4.69) is 55.9 Å². The third kappa shape index (κ3) is 4.12. The molecule has 1 fully saturated rings. The number of aryl methyl sites for hydroxylation is 1. The number of carbonyl (C=O) groups is 1. The number of anilines is 1. The van der Waals surface area contributed by atoms with Gasteiger partial charge in [0.05, 0.1) is 11.1 Å². The summed E-state index contributed by atoms with van der Waals surface area (Å²) in [5.41, 5.74) is 1.19. The standard InChI is InChI=1S/C19H19BrN4OS2/c1-13-10-14(20)2-3-16(13)27-11-17(25)23-5-7-24(8-6-23)18-15-4-9-26-19(15)22-12-21-18/h2-4,9-10,12H,5-8,11H2,1H3. The molecule has 0 spiro atoms. The van der Waals surface area contributed by atoms with Crippen LogP contribution >= 0.6 is 39.0 Å². The number of thioether (sulfide) groups is 1. The highest BCUT2D eigenvalue weighted by molar-refractivity contribution is 9.10. The van der Waals surface area contributed by atoms with Crippen LogP contribution in [0.2, 0.25) is 0 Å². The molecule has 3 heterocycles. The van der Waals surface area contributed by atoms with Gasteiger partial charge in [0.1, 0.15) is 17.0 Å². The summed E-state index contributed by atoms with van der Waals surface area (Å²) >= 11 is 6.72. The van der Waals surface area contributed by atoms with Crippen molar-refractivity contribution in [1.82, 2.24) is 14.9 Å². The smallest absolute Gasteiger partial charge is 0.233 e. The Kier molecular flexibility index (Phi) is 5.66. The quantitative estimate of drug-likeness (QED) is 0.543. The van der Waals surface area contributed by atoms with E-state index in [4.69, 9.17) is 0 Å². The van der Waals surface area contributed by atoms with Crippen molar-refractivity contribution in [3.8, 4) is 0 Å². The highest BCUT2D eigenvalue weighted by Gasteiger charge is 2.23. The van der Waals surface area contributed by atoms with E-state index in [1.54, 1.807) is 29.4 Å². The normalized spacial score (nSPS) is 14.7. The molecule has 2 aromatic heterocycles. The summed E-state index contributed by atoms with van der Waals surface area (Å²) in [6.07, 6.45) is 1.63. The van der Waals surface area contributed by atoms with Crippen molar-refractivity contribution in [1.29, 1.82) is 0 Å². The topological polar surface area (TPSA) is 49.3 Å². The molecule has 8 heteroatoms. The van der Waals surface area contributed by atoms with Crippen LogP contribution in [0.25, 0.3) is 10.2 Å². The zero-order valence-corrected chi connectivity index (χ0v) is 18.1. The monoisotopic (exact) mass is 462 g/mol. The first-order valence-corrected chi connectivity index (χ1v) is 11.4. The van der Waals surface area contributed by atoms with Crippen molar-refractivity contribution in [3.63, 3.8) is 0 Å². The van der Waals surface area contributed by atoms with E-state index < -0.39 is 0 Å². The molecule has 1 aliphatic rings. The fourth-order valence-corrected chi connectivity index (χ4v) is 5.32. The number of nitrogens with zero attached hydrogens (tertiary/aromatic N) is 4. The minimum atomic E-state index is 0.199. The van der Waals surface area contributed by atoms with Gasteiger partial charge in [0, 0.05) is 35.5 Å². The van der Waals surface area contributed by atoms with E-state index in [0.717, 1.165) is 51.6 Å². The molecule has 0 radical (unpaired) electrons. The number of amides is 1.